The zero-order valence-corrected chi connectivity index (χ0v) is 16.0. The average Bonchev–Trinajstić information content (AvgIpc) is 2.66. The van der Waals surface area contributed by atoms with Gasteiger partial charge in [-0.1, -0.05) is 13.8 Å². The molecule has 1 aliphatic heterocycles. The molecule has 1 fully saturated rings. The average molecular weight is 376 g/mol. The Morgan fingerprint density at radius 1 is 1.07 bits per heavy atom. The molecule has 0 bridgehead atoms. The topological polar surface area (TPSA) is 102 Å². The van der Waals surface area contributed by atoms with Crippen molar-refractivity contribution in [3.63, 3.8) is 0 Å². The third kappa shape index (κ3) is 5.96. The van der Waals surface area contributed by atoms with Crippen molar-refractivity contribution in [2.75, 3.05) is 49.5 Å². The van der Waals surface area contributed by atoms with Gasteiger partial charge in [0, 0.05) is 44.8 Å². The molecule has 1 aromatic rings. The first-order valence-corrected chi connectivity index (χ1v) is 9.35. The van der Waals surface area contributed by atoms with Gasteiger partial charge in [0.05, 0.1) is 17.8 Å². The number of hydrogen-bond donors (Lipinski definition) is 3. The van der Waals surface area contributed by atoms with Crippen LogP contribution in [0.3, 0.4) is 0 Å². The van der Waals surface area contributed by atoms with Crippen LogP contribution in [0.2, 0.25) is 0 Å². The molecule has 2 rings (SSSR count). The molecule has 0 saturated carbocycles. The highest BCUT2D eigenvalue weighted by Crippen LogP contribution is 2.26. The fraction of sp³-hybridized carbons (Fsp3) is 0.526. The number of amides is 2. The van der Waals surface area contributed by atoms with Gasteiger partial charge in [0.2, 0.25) is 11.8 Å². The Bertz CT molecular complexity index is 684. The molecule has 0 aromatic heterocycles. The minimum atomic E-state index is -1.03. The van der Waals surface area contributed by atoms with Crippen molar-refractivity contribution < 1.29 is 19.5 Å². The summed E-state index contributed by atoms with van der Waals surface area (Å²) in [4.78, 5) is 39.1. The number of piperazine rings is 1. The monoisotopic (exact) mass is 376 g/mol. The van der Waals surface area contributed by atoms with Gasteiger partial charge in [0.15, 0.2) is 0 Å². The molecule has 0 radical (unpaired) electrons. The summed E-state index contributed by atoms with van der Waals surface area (Å²) in [5.74, 6) is -1.17. The second kappa shape index (κ2) is 9.91. The van der Waals surface area contributed by atoms with Crippen LogP contribution in [0.4, 0.5) is 11.4 Å². The summed E-state index contributed by atoms with van der Waals surface area (Å²) >= 11 is 0. The predicted molar refractivity (Wildman–Crippen MR) is 104 cm³/mol. The molecule has 0 unspecified atom stereocenters. The van der Waals surface area contributed by atoms with E-state index in [-0.39, 0.29) is 17.4 Å². The Kier molecular flexibility index (Phi) is 7.60. The van der Waals surface area contributed by atoms with E-state index >= 15 is 0 Å². The van der Waals surface area contributed by atoms with Crippen LogP contribution >= 0.6 is 0 Å². The molecule has 1 saturated heterocycles. The van der Waals surface area contributed by atoms with Crippen molar-refractivity contribution in [1.82, 2.24) is 10.2 Å². The number of carboxylic acid groups (broad SMARTS) is 1. The lowest BCUT2D eigenvalue weighted by molar-refractivity contribution is -0.122. The van der Waals surface area contributed by atoms with Gasteiger partial charge in [-0.05, 0) is 24.6 Å². The number of carboxylic acids is 1. The molecule has 2 amide bonds. The van der Waals surface area contributed by atoms with E-state index in [0.29, 0.717) is 57.1 Å². The second-order valence-electron chi connectivity index (χ2n) is 6.55. The number of anilines is 2. The van der Waals surface area contributed by atoms with Crippen molar-refractivity contribution >= 4 is 29.2 Å². The van der Waals surface area contributed by atoms with Gasteiger partial charge in [0.1, 0.15) is 0 Å². The molecule has 8 nitrogen and oxygen atoms in total. The summed E-state index contributed by atoms with van der Waals surface area (Å²) in [7, 11) is 0. The fourth-order valence-electron chi connectivity index (χ4n) is 2.98. The van der Waals surface area contributed by atoms with Crippen LogP contribution < -0.4 is 15.5 Å². The predicted octanol–water partition coefficient (Wildman–Crippen LogP) is 1.38. The normalized spacial score (nSPS) is 14.7. The van der Waals surface area contributed by atoms with Crippen molar-refractivity contribution in [3.8, 4) is 0 Å². The minimum Gasteiger partial charge on any atom is -0.478 e. The highest BCUT2D eigenvalue weighted by atomic mass is 16.4. The summed E-state index contributed by atoms with van der Waals surface area (Å²) in [6, 6.07) is 4.95. The van der Waals surface area contributed by atoms with Gasteiger partial charge in [-0.15, -0.1) is 0 Å². The highest BCUT2D eigenvalue weighted by molar-refractivity contribution is 5.98. The largest absolute Gasteiger partial charge is 0.478 e. The number of nitrogens with zero attached hydrogens (tertiary/aromatic N) is 2. The van der Waals surface area contributed by atoms with Gasteiger partial charge < -0.3 is 20.6 Å². The van der Waals surface area contributed by atoms with Crippen LogP contribution in [0, 0.1) is 0 Å². The van der Waals surface area contributed by atoms with Crippen LogP contribution in [0.5, 0.6) is 0 Å². The van der Waals surface area contributed by atoms with Crippen molar-refractivity contribution in [1.29, 1.82) is 0 Å². The van der Waals surface area contributed by atoms with E-state index < -0.39 is 5.97 Å². The zero-order chi connectivity index (χ0) is 19.8. The van der Waals surface area contributed by atoms with E-state index in [2.05, 4.69) is 15.5 Å². The van der Waals surface area contributed by atoms with Crippen LogP contribution in [-0.4, -0.2) is 67.1 Å². The SMILES string of the molecule is CCCNC(=O)CN1CCN(c2ccc(NC(=O)CC)cc2C(=O)O)CC1. The summed E-state index contributed by atoms with van der Waals surface area (Å²) < 4.78 is 0. The molecule has 27 heavy (non-hydrogen) atoms. The van der Waals surface area contributed by atoms with E-state index in [1.807, 2.05) is 11.8 Å². The summed E-state index contributed by atoms with van der Waals surface area (Å²) in [5, 5.41) is 15.1. The maximum absolute atomic E-state index is 11.8. The number of carbonyl (C=O) groups is 3. The molecule has 1 aromatic carbocycles. The number of nitrogens with one attached hydrogen (secondary N) is 2. The van der Waals surface area contributed by atoms with Gasteiger partial charge >= 0.3 is 5.97 Å². The lowest BCUT2D eigenvalue weighted by Crippen LogP contribution is -2.49. The molecule has 0 aliphatic carbocycles. The first kappa shape index (κ1) is 20.7. The summed E-state index contributed by atoms with van der Waals surface area (Å²) in [6.07, 6.45) is 1.24. The number of rotatable bonds is 8. The first-order valence-electron chi connectivity index (χ1n) is 9.35. The second-order valence-corrected chi connectivity index (χ2v) is 6.55. The quantitative estimate of drug-likeness (QED) is 0.634. The van der Waals surface area contributed by atoms with Gasteiger partial charge in [-0.25, -0.2) is 4.79 Å². The number of benzene rings is 1. The number of carbonyl (C=O) groups excluding carboxylic acids is 2. The molecular formula is C19H28N4O4. The van der Waals surface area contributed by atoms with E-state index in [4.69, 9.17) is 0 Å². The molecule has 148 valence electrons. The van der Waals surface area contributed by atoms with E-state index in [9.17, 15) is 19.5 Å². The van der Waals surface area contributed by atoms with Crippen LogP contribution in [0.25, 0.3) is 0 Å². The Hall–Kier alpha value is -2.61. The molecule has 1 heterocycles. The van der Waals surface area contributed by atoms with Crippen molar-refractivity contribution in [2.24, 2.45) is 0 Å². The third-order valence-corrected chi connectivity index (χ3v) is 4.48. The number of aromatic carboxylic acids is 1. The molecule has 1 aliphatic rings. The van der Waals surface area contributed by atoms with Crippen molar-refractivity contribution in [2.45, 2.75) is 26.7 Å². The lowest BCUT2D eigenvalue weighted by Gasteiger charge is -2.36. The first-order chi connectivity index (χ1) is 12.9. The van der Waals surface area contributed by atoms with E-state index in [1.54, 1.807) is 19.1 Å². The van der Waals surface area contributed by atoms with Gasteiger partial charge in [-0.2, -0.15) is 0 Å². The Labute approximate surface area is 159 Å². The smallest absolute Gasteiger partial charge is 0.337 e. The fourth-order valence-corrected chi connectivity index (χ4v) is 2.98. The van der Waals surface area contributed by atoms with Crippen LogP contribution in [0.15, 0.2) is 18.2 Å². The molecule has 3 N–H and O–H groups in total. The minimum absolute atomic E-state index is 0.0209. The highest BCUT2D eigenvalue weighted by Gasteiger charge is 2.23. The maximum Gasteiger partial charge on any atom is 0.337 e. The van der Waals surface area contributed by atoms with Gasteiger partial charge in [-0.3, -0.25) is 14.5 Å². The van der Waals surface area contributed by atoms with Gasteiger partial charge in [0.25, 0.3) is 0 Å². The van der Waals surface area contributed by atoms with Crippen molar-refractivity contribution in [3.05, 3.63) is 23.8 Å². The van der Waals surface area contributed by atoms with E-state index in [0.717, 1.165) is 6.42 Å². The Morgan fingerprint density at radius 2 is 1.78 bits per heavy atom. The molecule has 8 heteroatoms. The summed E-state index contributed by atoms with van der Waals surface area (Å²) in [6.45, 7) is 7.45. The molecule has 0 spiro atoms. The number of hydrogen-bond acceptors (Lipinski definition) is 5. The molecular weight excluding hydrogens is 348 g/mol. The standard InChI is InChI=1S/C19H28N4O4/c1-3-7-20-18(25)13-22-8-10-23(11-9-22)16-6-5-14(21-17(24)4-2)12-15(16)19(26)27/h5-6,12H,3-4,7-11,13H2,1-2H3,(H,20,25)(H,21,24)(H,26,27). The Balaban J connectivity index is 2.01. The van der Waals surface area contributed by atoms with Crippen LogP contribution in [0.1, 0.15) is 37.0 Å². The Morgan fingerprint density at radius 3 is 2.37 bits per heavy atom. The third-order valence-electron chi connectivity index (χ3n) is 4.48. The lowest BCUT2D eigenvalue weighted by atomic mass is 10.1. The molecule has 0 atom stereocenters. The van der Waals surface area contributed by atoms with Crippen LogP contribution in [-0.2, 0) is 9.59 Å². The zero-order valence-electron chi connectivity index (χ0n) is 16.0. The summed E-state index contributed by atoms with van der Waals surface area (Å²) in [5.41, 5.74) is 1.28. The maximum atomic E-state index is 11.8. The van der Waals surface area contributed by atoms with E-state index in [1.165, 1.54) is 6.07 Å².